The highest BCUT2D eigenvalue weighted by molar-refractivity contribution is 14.1. The maximum Gasteiger partial charge on any atom is 0.296 e. The van der Waals surface area contributed by atoms with E-state index in [2.05, 4.69) is 32.4 Å². The first kappa shape index (κ1) is 27.6. The molecule has 0 aromatic heterocycles. The van der Waals surface area contributed by atoms with Crippen molar-refractivity contribution in [3.63, 3.8) is 0 Å². The van der Waals surface area contributed by atoms with Crippen LogP contribution in [0.2, 0.25) is 0 Å². The summed E-state index contributed by atoms with van der Waals surface area (Å²) in [7, 11) is -3.61. The third kappa shape index (κ3) is 10.5. The van der Waals surface area contributed by atoms with Crippen LogP contribution >= 0.6 is 22.6 Å². The van der Waals surface area contributed by atoms with Gasteiger partial charge in [-0.1, -0.05) is 56.2 Å². The maximum atomic E-state index is 12.1. The van der Waals surface area contributed by atoms with Crippen LogP contribution < -0.4 is 0 Å². The summed E-state index contributed by atoms with van der Waals surface area (Å²) in [6.07, 6.45) is 14.9. The van der Waals surface area contributed by atoms with E-state index in [0.717, 1.165) is 31.4 Å². The molecule has 1 aromatic rings. The number of likely N-dealkylation sites (tertiary alicyclic amines) is 1. The number of hydrogen-bond acceptors (Lipinski definition) is 3. The van der Waals surface area contributed by atoms with Gasteiger partial charge in [-0.3, -0.25) is 4.18 Å². The van der Waals surface area contributed by atoms with Crippen molar-refractivity contribution in [2.45, 2.75) is 88.9 Å². The third-order valence-electron chi connectivity index (χ3n) is 6.57. The van der Waals surface area contributed by atoms with Crippen LogP contribution in [-0.2, 0) is 14.3 Å². The van der Waals surface area contributed by atoms with Crippen molar-refractivity contribution in [1.82, 2.24) is 0 Å². The second-order valence-corrected chi connectivity index (χ2v) is 11.4. The van der Waals surface area contributed by atoms with E-state index in [1.807, 2.05) is 6.92 Å². The molecule has 180 valence electrons. The van der Waals surface area contributed by atoms with Crippen LogP contribution in [0.5, 0.6) is 0 Å². The lowest BCUT2D eigenvalue weighted by Gasteiger charge is -2.40. The number of halogens is 1. The predicted octanol–water partition coefficient (Wildman–Crippen LogP) is 6.61. The Labute approximate surface area is 210 Å². The lowest BCUT2D eigenvalue weighted by molar-refractivity contribution is -0.926. The number of rotatable bonds is 15. The third-order valence-corrected chi connectivity index (χ3v) is 8.28. The van der Waals surface area contributed by atoms with Gasteiger partial charge in [0, 0.05) is 22.6 Å². The first-order valence-corrected chi connectivity index (χ1v) is 14.9. The van der Waals surface area contributed by atoms with Gasteiger partial charge >= 0.3 is 0 Å². The number of piperidine rings is 1. The van der Waals surface area contributed by atoms with Crippen LogP contribution in [0.4, 0.5) is 0 Å². The molecule has 1 aromatic carbocycles. The van der Waals surface area contributed by atoms with Crippen LogP contribution in [0.3, 0.4) is 0 Å². The van der Waals surface area contributed by atoms with Gasteiger partial charge in [0.25, 0.3) is 10.1 Å². The Kier molecular flexibility index (Phi) is 13.2. The van der Waals surface area contributed by atoms with Gasteiger partial charge in [-0.05, 0) is 67.4 Å². The Morgan fingerprint density at radius 3 is 2.03 bits per heavy atom. The molecule has 0 radical (unpaired) electrons. The van der Waals surface area contributed by atoms with Gasteiger partial charge in [-0.2, -0.15) is 8.42 Å². The maximum absolute atomic E-state index is 12.1. The number of nitrogens with zero attached hydrogens (tertiary/aromatic N) is 1. The van der Waals surface area contributed by atoms with Crippen molar-refractivity contribution in [2.24, 2.45) is 0 Å². The summed E-state index contributed by atoms with van der Waals surface area (Å²) in [4.78, 5) is 0.245. The van der Waals surface area contributed by atoms with Crippen molar-refractivity contribution in [3.8, 4) is 9.85 Å². The van der Waals surface area contributed by atoms with Crippen LogP contribution in [0.25, 0.3) is 0 Å². The van der Waals surface area contributed by atoms with Gasteiger partial charge in [-0.25, -0.2) is 0 Å². The zero-order valence-corrected chi connectivity index (χ0v) is 22.8. The molecule has 0 amide bonds. The number of quaternary nitrogens is 1. The molecule has 0 aliphatic carbocycles. The second kappa shape index (κ2) is 15.3. The average molecular weight is 575 g/mol. The minimum atomic E-state index is -3.61. The highest BCUT2D eigenvalue weighted by Gasteiger charge is 2.28. The smallest absolute Gasteiger partial charge is 0.296 e. The van der Waals surface area contributed by atoms with Crippen LogP contribution in [0.15, 0.2) is 29.2 Å². The van der Waals surface area contributed by atoms with Gasteiger partial charge in [0.05, 0.1) is 31.1 Å². The molecule has 1 heterocycles. The number of aryl methyl sites for hydroxylation is 1. The molecule has 0 saturated carbocycles. The Hall–Kier alpha value is -0.620. The molecule has 2 rings (SSSR count). The number of hydrogen-bond donors (Lipinski definition) is 0. The molecule has 1 saturated heterocycles. The van der Waals surface area contributed by atoms with Gasteiger partial charge < -0.3 is 4.48 Å². The molecule has 6 heteroatoms. The summed E-state index contributed by atoms with van der Waals surface area (Å²) in [6.45, 7) is 7.20. The molecular formula is C26H41INO3S+. The molecule has 0 unspecified atom stereocenters. The molecule has 0 atom stereocenters. The van der Waals surface area contributed by atoms with Gasteiger partial charge in [0.2, 0.25) is 0 Å². The first-order chi connectivity index (χ1) is 15.5. The lowest BCUT2D eigenvalue weighted by atomic mass is 10.0. The fourth-order valence-electron chi connectivity index (χ4n) is 4.57. The normalized spacial score (nSPS) is 15.8. The summed E-state index contributed by atoms with van der Waals surface area (Å²) in [5.41, 5.74) is 1.04. The van der Waals surface area contributed by atoms with Crippen molar-refractivity contribution < 1.29 is 17.1 Å². The fourth-order valence-corrected chi connectivity index (χ4v) is 5.68. The zero-order chi connectivity index (χ0) is 23.1. The van der Waals surface area contributed by atoms with Crippen LogP contribution in [0, 0.1) is 16.8 Å². The minimum Gasteiger partial charge on any atom is -0.313 e. The standard InChI is InChI=1S/C26H41INO3S/c1-25-15-17-26(18-16-25)32(29,30)31-24-13-8-6-4-2-3-5-7-10-20-28(23-14-19-27)21-11-9-12-22-28/h15-18H,2-13,20-24H2,1H3/q+1. The lowest BCUT2D eigenvalue weighted by Crippen LogP contribution is -2.52. The van der Waals surface area contributed by atoms with E-state index >= 15 is 0 Å². The van der Waals surface area contributed by atoms with Crippen LogP contribution in [-0.4, -0.2) is 45.7 Å². The first-order valence-electron chi connectivity index (χ1n) is 12.4. The van der Waals surface area contributed by atoms with Crippen molar-refractivity contribution in [3.05, 3.63) is 29.8 Å². The van der Waals surface area contributed by atoms with E-state index in [1.54, 1.807) is 24.3 Å². The Morgan fingerprint density at radius 2 is 1.44 bits per heavy atom. The summed E-state index contributed by atoms with van der Waals surface area (Å²) in [5, 5.41) is 0. The summed E-state index contributed by atoms with van der Waals surface area (Å²) >= 11 is 2.17. The number of unbranched alkanes of at least 4 members (excludes halogenated alkanes) is 8. The van der Waals surface area contributed by atoms with Gasteiger partial charge in [0.15, 0.2) is 0 Å². The van der Waals surface area contributed by atoms with Crippen LogP contribution in [0.1, 0.15) is 82.6 Å². The van der Waals surface area contributed by atoms with E-state index in [0.29, 0.717) is 0 Å². The molecule has 4 nitrogen and oxygen atoms in total. The van der Waals surface area contributed by atoms with Crippen molar-refractivity contribution in [2.75, 3.05) is 32.8 Å². The Bertz CT molecular complexity index is 806. The SMILES string of the molecule is Cc1ccc(S(=O)(=O)OCCCCCCCCCCC[N+]2(CC#CI)CCCCC2)cc1. The summed E-state index contributed by atoms with van der Waals surface area (Å²) < 4.78 is 33.8. The number of benzene rings is 1. The molecular weight excluding hydrogens is 533 g/mol. The van der Waals surface area contributed by atoms with Gasteiger partial charge in [-0.15, -0.1) is 0 Å². The molecule has 32 heavy (non-hydrogen) atoms. The second-order valence-electron chi connectivity index (χ2n) is 9.27. The Balaban J connectivity index is 1.46. The molecule has 1 aliphatic rings. The monoisotopic (exact) mass is 574 g/mol. The predicted molar refractivity (Wildman–Crippen MR) is 141 cm³/mol. The van der Waals surface area contributed by atoms with Gasteiger partial charge in [0.1, 0.15) is 6.54 Å². The molecule has 0 spiro atoms. The highest BCUT2D eigenvalue weighted by Crippen LogP contribution is 2.21. The molecule has 1 fully saturated rings. The van der Waals surface area contributed by atoms with E-state index in [-0.39, 0.29) is 11.5 Å². The molecule has 1 aliphatic heterocycles. The van der Waals surface area contributed by atoms with Crippen molar-refractivity contribution >= 4 is 32.7 Å². The quantitative estimate of drug-likeness (QED) is 0.0779. The Morgan fingerprint density at radius 1 is 0.875 bits per heavy atom. The molecule has 0 bridgehead atoms. The fraction of sp³-hybridized carbons (Fsp3) is 0.692. The zero-order valence-electron chi connectivity index (χ0n) is 19.8. The largest absolute Gasteiger partial charge is 0.313 e. The molecule has 0 N–H and O–H groups in total. The van der Waals surface area contributed by atoms with Crippen molar-refractivity contribution in [1.29, 1.82) is 0 Å². The minimum absolute atomic E-state index is 0.245. The van der Waals surface area contributed by atoms with E-state index in [9.17, 15) is 8.42 Å². The summed E-state index contributed by atoms with van der Waals surface area (Å²) in [5.74, 6) is 3.33. The van der Waals surface area contributed by atoms with E-state index < -0.39 is 10.1 Å². The highest BCUT2D eigenvalue weighted by atomic mass is 127. The topological polar surface area (TPSA) is 43.4 Å². The van der Waals surface area contributed by atoms with E-state index in [1.165, 1.54) is 81.9 Å². The van der Waals surface area contributed by atoms with E-state index in [4.69, 9.17) is 4.18 Å². The average Bonchev–Trinajstić information content (AvgIpc) is 2.79. The summed E-state index contributed by atoms with van der Waals surface area (Å²) in [6, 6.07) is 6.81.